The maximum Gasteiger partial charge on any atom is 0.445 e. The summed E-state index contributed by atoms with van der Waals surface area (Å²) in [4.78, 5) is 0. The quantitative estimate of drug-likeness (QED) is 0.899. The van der Waals surface area contributed by atoms with Gasteiger partial charge in [0.2, 0.25) is 10.1 Å². The van der Waals surface area contributed by atoms with E-state index in [4.69, 9.17) is 0 Å². The van der Waals surface area contributed by atoms with Crippen molar-refractivity contribution in [1.82, 2.24) is 10.2 Å². The number of rotatable bonds is 3. The highest BCUT2D eigenvalue weighted by molar-refractivity contribution is 7.15. The first kappa shape index (κ1) is 15.5. The van der Waals surface area contributed by atoms with Crippen LogP contribution in [0.3, 0.4) is 0 Å². The van der Waals surface area contributed by atoms with Crippen molar-refractivity contribution in [3.8, 4) is 0 Å². The van der Waals surface area contributed by atoms with Gasteiger partial charge in [0.1, 0.15) is 0 Å². The van der Waals surface area contributed by atoms with E-state index in [1.165, 1.54) is 0 Å². The number of aliphatic hydroxyl groups is 1. The molecule has 0 saturated heterocycles. The third-order valence-corrected chi connectivity index (χ3v) is 4.70. The molecule has 114 valence electrons. The predicted octanol–water partition coefficient (Wildman–Crippen LogP) is 3.30. The molecule has 1 fully saturated rings. The summed E-state index contributed by atoms with van der Waals surface area (Å²) in [5.74, 6) is 0. The third-order valence-electron chi connectivity index (χ3n) is 3.77. The van der Waals surface area contributed by atoms with Gasteiger partial charge in [-0.3, -0.25) is 0 Å². The van der Waals surface area contributed by atoms with Crippen LogP contribution in [0.1, 0.15) is 44.5 Å². The van der Waals surface area contributed by atoms with Gasteiger partial charge >= 0.3 is 6.18 Å². The fraction of sp³-hybridized carbons (Fsp3) is 0.833. The first-order chi connectivity index (χ1) is 9.10. The molecule has 1 heterocycles. The minimum Gasteiger partial charge on any atom is -0.388 e. The third kappa shape index (κ3) is 3.82. The van der Waals surface area contributed by atoms with Gasteiger partial charge in [-0.2, -0.15) is 13.2 Å². The number of alkyl halides is 3. The Balaban J connectivity index is 1.91. The number of aromatic nitrogens is 2. The Labute approximate surface area is 119 Å². The normalized spacial score (nSPS) is 21.7. The van der Waals surface area contributed by atoms with Crippen molar-refractivity contribution < 1.29 is 18.3 Å². The molecule has 0 aromatic carbocycles. The second kappa shape index (κ2) is 5.14. The summed E-state index contributed by atoms with van der Waals surface area (Å²) in [6.07, 6.45) is -1.40. The number of nitrogens with one attached hydrogen (secondary N) is 1. The van der Waals surface area contributed by atoms with Gasteiger partial charge in [-0.15, -0.1) is 10.2 Å². The molecule has 1 aromatic rings. The average Bonchev–Trinajstić information content (AvgIpc) is 2.80. The van der Waals surface area contributed by atoms with Crippen LogP contribution in [0, 0.1) is 5.41 Å². The summed E-state index contributed by atoms with van der Waals surface area (Å²) < 4.78 is 37.2. The zero-order chi connectivity index (χ0) is 15.0. The molecule has 2 rings (SSSR count). The van der Waals surface area contributed by atoms with Crippen LogP contribution in [0.15, 0.2) is 0 Å². The van der Waals surface area contributed by atoms with Crippen molar-refractivity contribution in [2.24, 2.45) is 5.41 Å². The Hall–Kier alpha value is -0.890. The first-order valence-electron chi connectivity index (χ1n) is 6.47. The lowest BCUT2D eigenvalue weighted by Crippen LogP contribution is -2.42. The second-order valence-electron chi connectivity index (χ2n) is 6.15. The molecule has 0 bridgehead atoms. The van der Waals surface area contributed by atoms with Gasteiger partial charge in [0.05, 0.1) is 5.60 Å². The van der Waals surface area contributed by atoms with Gasteiger partial charge in [0.15, 0.2) is 0 Å². The molecule has 0 radical (unpaired) electrons. The van der Waals surface area contributed by atoms with Crippen molar-refractivity contribution in [2.75, 3.05) is 11.9 Å². The van der Waals surface area contributed by atoms with E-state index in [1.807, 2.05) is 0 Å². The SMILES string of the molecule is CC1(C)CCC(O)(CNc2nnc(C(F)(F)F)s2)CC1. The van der Waals surface area contributed by atoms with Crippen LogP contribution in [0.5, 0.6) is 0 Å². The lowest BCUT2D eigenvalue weighted by atomic mass is 9.71. The summed E-state index contributed by atoms with van der Waals surface area (Å²) in [6.45, 7) is 4.51. The lowest BCUT2D eigenvalue weighted by Gasteiger charge is -2.40. The number of halogens is 3. The van der Waals surface area contributed by atoms with Crippen molar-refractivity contribution in [1.29, 1.82) is 0 Å². The molecule has 0 unspecified atom stereocenters. The maximum absolute atomic E-state index is 12.4. The van der Waals surface area contributed by atoms with Gasteiger partial charge in [-0.1, -0.05) is 25.2 Å². The Morgan fingerprint density at radius 1 is 1.20 bits per heavy atom. The highest BCUT2D eigenvalue weighted by atomic mass is 32.1. The number of nitrogens with zero attached hydrogens (tertiary/aromatic N) is 2. The van der Waals surface area contributed by atoms with E-state index in [9.17, 15) is 18.3 Å². The molecule has 4 nitrogen and oxygen atoms in total. The van der Waals surface area contributed by atoms with Gasteiger partial charge in [-0.25, -0.2) is 0 Å². The summed E-state index contributed by atoms with van der Waals surface area (Å²) in [5.41, 5.74) is -0.655. The van der Waals surface area contributed by atoms with Crippen LogP contribution < -0.4 is 5.32 Å². The lowest BCUT2D eigenvalue weighted by molar-refractivity contribution is -0.138. The van der Waals surface area contributed by atoms with E-state index in [2.05, 4.69) is 29.4 Å². The molecule has 0 amide bonds. The summed E-state index contributed by atoms with van der Waals surface area (Å²) in [6, 6.07) is 0. The van der Waals surface area contributed by atoms with E-state index in [0.717, 1.165) is 12.8 Å². The molecule has 0 spiro atoms. The van der Waals surface area contributed by atoms with E-state index in [1.54, 1.807) is 0 Å². The summed E-state index contributed by atoms with van der Waals surface area (Å²) in [7, 11) is 0. The number of hydrogen-bond donors (Lipinski definition) is 2. The highest BCUT2D eigenvalue weighted by Crippen LogP contribution is 2.40. The Morgan fingerprint density at radius 3 is 2.30 bits per heavy atom. The van der Waals surface area contributed by atoms with Crippen molar-refractivity contribution in [3.63, 3.8) is 0 Å². The fourth-order valence-electron chi connectivity index (χ4n) is 2.22. The molecule has 1 aliphatic rings. The van der Waals surface area contributed by atoms with E-state index < -0.39 is 16.8 Å². The van der Waals surface area contributed by atoms with Crippen molar-refractivity contribution >= 4 is 16.5 Å². The Morgan fingerprint density at radius 2 is 1.80 bits per heavy atom. The average molecular weight is 309 g/mol. The Kier molecular flexibility index (Phi) is 3.98. The number of anilines is 1. The molecule has 1 aromatic heterocycles. The van der Waals surface area contributed by atoms with Crippen LogP contribution in [-0.4, -0.2) is 27.4 Å². The summed E-state index contributed by atoms with van der Waals surface area (Å²) >= 11 is 0.457. The minimum atomic E-state index is -4.47. The van der Waals surface area contributed by atoms with Crippen LogP contribution in [0.2, 0.25) is 0 Å². The van der Waals surface area contributed by atoms with Gasteiger partial charge in [-0.05, 0) is 31.1 Å². The van der Waals surface area contributed by atoms with Crippen molar-refractivity contribution in [2.45, 2.75) is 51.3 Å². The van der Waals surface area contributed by atoms with Crippen LogP contribution >= 0.6 is 11.3 Å². The molecular formula is C12H18F3N3OS. The second-order valence-corrected chi connectivity index (χ2v) is 7.13. The molecule has 20 heavy (non-hydrogen) atoms. The molecule has 2 N–H and O–H groups in total. The smallest absolute Gasteiger partial charge is 0.388 e. The maximum atomic E-state index is 12.4. The van der Waals surface area contributed by atoms with E-state index in [-0.39, 0.29) is 17.1 Å². The molecule has 8 heteroatoms. The molecule has 1 aliphatic carbocycles. The molecule has 0 atom stereocenters. The monoisotopic (exact) mass is 309 g/mol. The highest BCUT2D eigenvalue weighted by Gasteiger charge is 2.38. The Bertz CT molecular complexity index is 463. The van der Waals surface area contributed by atoms with Gasteiger partial charge in [0.25, 0.3) is 0 Å². The van der Waals surface area contributed by atoms with E-state index in [0.29, 0.717) is 24.2 Å². The molecular weight excluding hydrogens is 291 g/mol. The van der Waals surface area contributed by atoms with Crippen LogP contribution in [-0.2, 0) is 6.18 Å². The minimum absolute atomic E-state index is 0.0931. The molecule has 0 aliphatic heterocycles. The first-order valence-corrected chi connectivity index (χ1v) is 7.28. The zero-order valence-corrected chi connectivity index (χ0v) is 12.2. The van der Waals surface area contributed by atoms with Crippen LogP contribution in [0.4, 0.5) is 18.3 Å². The predicted molar refractivity (Wildman–Crippen MR) is 70.6 cm³/mol. The topological polar surface area (TPSA) is 58.0 Å². The van der Waals surface area contributed by atoms with Crippen LogP contribution in [0.25, 0.3) is 0 Å². The van der Waals surface area contributed by atoms with E-state index >= 15 is 0 Å². The largest absolute Gasteiger partial charge is 0.445 e. The van der Waals surface area contributed by atoms with Gasteiger partial charge in [0, 0.05) is 6.54 Å². The van der Waals surface area contributed by atoms with Gasteiger partial charge < -0.3 is 10.4 Å². The fourth-order valence-corrected chi connectivity index (χ4v) is 2.82. The number of hydrogen-bond acceptors (Lipinski definition) is 5. The standard InChI is InChI=1S/C12H18F3N3OS/c1-10(2)3-5-11(19,6-4-10)7-16-9-18-17-8(20-9)12(13,14)15/h19H,3-7H2,1-2H3,(H,16,18). The molecule has 1 saturated carbocycles. The summed E-state index contributed by atoms with van der Waals surface area (Å²) in [5, 5.41) is 18.8. The van der Waals surface area contributed by atoms with Crippen molar-refractivity contribution in [3.05, 3.63) is 5.01 Å². The zero-order valence-electron chi connectivity index (χ0n) is 11.4.